The summed E-state index contributed by atoms with van der Waals surface area (Å²) < 4.78 is 14.1. The second-order valence-electron chi connectivity index (χ2n) is 5.15. The van der Waals surface area contributed by atoms with Gasteiger partial charge in [-0.1, -0.05) is 22.9 Å². The predicted octanol–water partition coefficient (Wildman–Crippen LogP) is 4.39. The number of urea groups is 1. The summed E-state index contributed by atoms with van der Waals surface area (Å²) in [6.07, 6.45) is 0. The van der Waals surface area contributed by atoms with E-state index in [4.69, 9.17) is 11.6 Å². The molecule has 1 aromatic carbocycles. The fourth-order valence-electron chi connectivity index (χ4n) is 2.23. The van der Waals surface area contributed by atoms with Crippen molar-refractivity contribution < 1.29 is 9.18 Å². The lowest BCUT2D eigenvalue weighted by molar-refractivity contribution is 0.252. The minimum absolute atomic E-state index is 0.317. The Morgan fingerprint density at radius 2 is 2.12 bits per heavy atom. The lowest BCUT2D eigenvalue weighted by Crippen LogP contribution is -2.28. The van der Waals surface area contributed by atoms with Crippen LogP contribution in [-0.4, -0.2) is 29.6 Å². The van der Waals surface area contributed by atoms with Gasteiger partial charge in [0.25, 0.3) is 0 Å². The highest BCUT2D eigenvalue weighted by atomic mass is 35.5. The van der Waals surface area contributed by atoms with Gasteiger partial charge in [-0.15, -0.1) is 0 Å². The van der Waals surface area contributed by atoms with Crippen LogP contribution in [0, 0.1) is 5.82 Å². The van der Waals surface area contributed by atoms with Crippen LogP contribution in [0.5, 0.6) is 0 Å². The van der Waals surface area contributed by atoms with Crippen LogP contribution >= 0.6 is 22.9 Å². The van der Waals surface area contributed by atoms with E-state index in [9.17, 15) is 9.18 Å². The Bertz CT molecular complexity index is 932. The molecule has 0 saturated carbocycles. The maximum Gasteiger partial charge on any atom is 0.321 e. The molecule has 0 spiro atoms. The van der Waals surface area contributed by atoms with E-state index in [1.807, 2.05) is 6.92 Å². The highest BCUT2D eigenvalue weighted by Gasteiger charge is 2.14. The first kappa shape index (κ1) is 17.4. The molecule has 2 N–H and O–H groups in total. The minimum atomic E-state index is -0.431. The first-order valence-electron chi connectivity index (χ1n) is 7.49. The highest BCUT2D eigenvalue weighted by Crippen LogP contribution is 2.30. The molecule has 2 amide bonds. The number of hydrogen-bond donors (Lipinski definition) is 2. The normalized spacial score (nSPS) is 10.7. The van der Waals surface area contributed by atoms with Gasteiger partial charge in [-0.25, -0.2) is 19.2 Å². The van der Waals surface area contributed by atoms with Crippen molar-refractivity contribution in [1.82, 2.24) is 15.3 Å². The molecule has 0 radical (unpaired) electrons. The van der Waals surface area contributed by atoms with Gasteiger partial charge in [0, 0.05) is 18.6 Å². The van der Waals surface area contributed by atoms with Crippen molar-refractivity contribution in [3.8, 4) is 0 Å². The zero-order chi connectivity index (χ0) is 18.0. The Morgan fingerprint density at radius 1 is 1.32 bits per heavy atom. The fourth-order valence-corrected chi connectivity index (χ4v) is 3.21. The number of fused-ring (bicyclic) bond motifs is 1. The van der Waals surface area contributed by atoms with Gasteiger partial charge in [0.1, 0.15) is 22.0 Å². The van der Waals surface area contributed by atoms with Crippen LogP contribution in [0.3, 0.4) is 0 Å². The maximum absolute atomic E-state index is 14.1. The Morgan fingerprint density at radius 3 is 2.84 bits per heavy atom. The monoisotopic (exact) mass is 379 g/mol. The van der Waals surface area contributed by atoms with E-state index in [1.54, 1.807) is 36.2 Å². The summed E-state index contributed by atoms with van der Waals surface area (Å²) in [5, 5.41) is 6.08. The van der Waals surface area contributed by atoms with Crippen LogP contribution in [-0.2, 0) is 0 Å². The Balaban J connectivity index is 1.88. The zero-order valence-corrected chi connectivity index (χ0v) is 15.1. The largest absolute Gasteiger partial charge is 0.338 e. The van der Waals surface area contributed by atoms with Crippen molar-refractivity contribution in [2.75, 3.05) is 23.8 Å². The van der Waals surface area contributed by atoms with E-state index in [0.29, 0.717) is 38.6 Å². The summed E-state index contributed by atoms with van der Waals surface area (Å²) in [4.78, 5) is 22.7. The minimum Gasteiger partial charge on any atom is -0.338 e. The van der Waals surface area contributed by atoms with Crippen molar-refractivity contribution in [2.45, 2.75) is 6.92 Å². The molecule has 2 aromatic heterocycles. The number of carbonyl (C=O) groups is 1. The number of hydrogen-bond acceptors (Lipinski definition) is 5. The molecule has 0 unspecified atom stereocenters. The summed E-state index contributed by atoms with van der Waals surface area (Å²) >= 11 is 7.04. The van der Waals surface area contributed by atoms with Crippen molar-refractivity contribution in [2.24, 2.45) is 0 Å². The van der Waals surface area contributed by atoms with E-state index >= 15 is 0 Å². The molecule has 9 heteroatoms. The van der Waals surface area contributed by atoms with Crippen LogP contribution in [0.1, 0.15) is 6.92 Å². The Kier molecular flexibility index (Phi) is 5.00. The molecule has 6 nitrogen and oxygen atoms in total. The molecule has 0 fully saturated rings. The van der Waals surface area contributed by atoms with Crippen LogP contribution in [0.25, 0.3) is 10.3 Å². The standard InChI is InChI=1S/C16H15ClFN5OS/c1-3-19-15(24)22-16-20-11-5-7-13(21-14(11)25-16)23(2)12-6-4-9(17)8-10(12)18/h4-8H,3H2,1-2H3,(H2,19,20,22,24). The molecular weight excluding hydrogens is 365 g/mol. The molecule has 0 atom stereocenters. The van der Waals surface area contributed by atoms with Crippen LogP contribution in [0.2, 0.25) is 5.02 Å². The van der Waals surface area contributed by atoms with E-state index in [1.165, 1.54) is 17.4 Å². The van der Waals surface area contributed by atoms with E-state index in [-0.39, 0.29) is 6.03 Å². The van der Waals surface area contributed by atoms with Crippen molar-refractivity contribution in [1.29, 1.82) is 0 Å². The molecule has 0 aliphatic rings. The van der Waals surface area contributed by atoms with Gasteiger partial charge in [0.15, 0.2) is 5.13 Å². The van der Waals surface area contributed by atoms with Gasteiger partial charge >= 0.3 is 6.03 Å². The quantitative estimate of drug-likeness (QED) is 0.705. The second-order valence-corrected chi connectivity index (χ2v) is 6.57. The maximum atomic E-state index is 14.1. The number of nitrogens with zero attached hydrogens (tertiary/aromatic N) is 3. The first-order valence-corrected chi connectivity index (χ1v) is 8.68. The number of pyridine rings is 1. The molecular formula is C16H15ClFN5OS. The lowest BCUT2D eigenvalue weighted by atomic mass is 10.2. The summed E-state index contributed by atoms with van der Waals surface area (Å²) in [6, 6.07) is 7.68. The van der Waals surface area contributed by atoms with Crippen LogP contribution in [0.15, 0.2) is 30.3 Å². The van der Waals surface area contributed by atoms with Crippen molar-refractivity contribution in [3.05, 3.63) is 41.2 Å². The van der Waals surface area contributed by atoms with Gasteiger partial charge < -0.3 is 10.2 Å². The number of aromatic nitrogens is 2. The number of nitrogens with one attached hydrogen (secondary N) is 2. The Hall–Kier alpha value is -2.45. The van der Waals surface area contributed by atoms with Gasteiger partial charge in [-0.2, -0.15) is 0 Å². The second kappa shape index (κ2) is 7.20. The Labute approximate surface area is 152 Å². The number of carbonyl (C=O) groups excluding carboxylic acids is 1. The number of amides is 2. The van der Waals surface area contributed by atoms with Gasteiger partial charge in [0.05, 0.1) is 5.69 Å². The van der Waals surface area contributed by atoms with Gasteiger partial charge in [0.2, 0.25) is 0 Å². The summed E-state index contributed by atoms with van der Waals surface area (Å²) in [7, 11) is 1.72. The number of benzene rings is 1. The van der Waals surface area contributed by atoms with E-state index in [0.717, 1.165) is 0 Å². The predicted molar refractivity (Wildman–Crippen MR) is 99.6 cm³/mol. The molecule has 3 aromatic rings. The number of anilines is 3. The van der Waals surface area contributed by atoms with Gasteiger partial charge in [-0.3, -0.25) is 5.32 Å². The van der Waals surface area contributed by atoms with Crippen molar-refractivity contribution in [3.63, 3.8) is 0 Å². The fraction of sp³-hybridized carbons (Fsp3) is 0.188. The molecule has 130 valence electrons. The van der Waals surface area contributed by atoms with Gasteiger partial charge in [-0.05, 0) is 37.3 Å². The third-order valence-corrected chi connectivity index (χ3v) is 4.53. The summed E-state index contributed by atoms with van der Waals surface area (Å²) in [5.74, 6) is 0.127. The molecule has 3 rings (SSSR count). The molecule has 0 aliphatic carbocycles. The zero-order valence-electron chi connectivity index (χ0n) is 13.5. The number of halogens is 2. The lowest BCUT2D eigenvalue weighted by Gasteiger charge is -2.18. The number of rotatable bonds is 4. The smallest absolute Gasteiger partial charge is 0.321 e. The topological polar surface area (TPSA) is 70.2 Å². The molecule has 0 bridgehead atoms. The van der Waals surface area contributed by atoms with Crippen molar-refractivity contribution >= 4 is 56.0 Å². The molecule has 2 heterocycles. The first-order chi connectivity index (χ1) is 12.0. The number of thiazole rings is 1. The SMILES string of the molecule is CCNC(=O)Nc1nc2ccc(N(C)c3ccc(Cl)cc3F)nc2s1. The average molecular weight is 380 g/mol. The third-order valence-electron chi connectivity index (χ3n) is 3.41. The average Bonchev–Trinajstić information content (AvgIpc) is 2.95. The van der Waals surface area contributed by atoms with E-state index in [2.05, 4.69) is 20.6 Å². The summed E-state index contributed by atoms with van der Waals surface area (Å²) in [5.41, 5.74) is 1.02. The molecule has 0 aliphatic heterocycles. The summed E-state index contributed by atoms with van der Waals surface area (Å²) in [6.45, 7) is 2.36. The third kappa shape index (κ3) is 3.80. The van der Waals surface area contributed by atoms with E-state index < -0.39 is 5.82 Å². The highest BCUT2D eigenvalue weighted by molar-refractivity contribution is 7.22. The van der Waals surface area contributed by atoms with Crippen LogP contribution < -0.4 is 15.5 Å². The molecule has 0 saturated heterocycles. The molecule has 25 heavy (non-hydrogen) atoms. The van der Waals surface area contributed by atoms with Crippen LogP contribution in [0.4, 0.5) is 25.8 Å².